The SMILES string of the molecule is CC(NCCC(=O)Nc1sc2c(c1-c1nc3cnccc3s1)CCNC2)c1ncc[nH]1. The molecule has 0 bridgehead atoms. The van der Waals surface area contributed by atoms with Gasteiger partial charge in [0.2, 0.25) is 5.91 Å². The molecule has 4 aromatic heterocycles. The number of thiophene rings is 1. The number of aromatic nitrogens is 4. The molecule has 0 aliphatic carbocycles. The molecule has 31 heavy (non-hydrogen) atoms. The lowest BCUT2D eigenvalue weighted by Crippen LogP contribution is -2.25. The molecular weight excluding hydrogens is 430 g/mol. The number of H-pyrrole nitrogens is 1. The molecule has 5 heterocycles. The second-order valence-corrected chi connectivity index (χ2v) is 9.58. The summed E-state index contributed by atoms with van der Waals surface area (Å²) in [5, 5.41) is 11.8. The van der Waals surface area contributed by atoms with Gasteiger partial charge in [-0.25, -0.2) is 9.97 Å². The predicted octanol–water partition coefficient (Wildman–Crippen LogP) is 3.47. The van der Waals surface area contributed by atoms with Crippen LogP contribution in [0.3, 0.4) is 0 Å². The average Bonchev–Trinajstić information content (AvgIpc) is 3.51. The predicted molar refractivity (Wildman–Crippen MR) is 124 cm³/mol. The van der Waals surface area contributed by atoms with E-state index in [-0.39, 0.29) is 11.9 Å². The van der Waals surface area contributed by atoms with Gasteiger partial charge >= 0.3 is 0 Å². The van der Waals surface area contributed by atoms with Crippen molar-refractivity contribution in [3.63, 3.8) is 0 Å². The summed E-state index contributed by atoms with van der Waals surface area (Å²) in [6.45, 7) is 4.36. The van der Waals surface area contributed by atoms with E-state index in [1.807, 2.05) is 13.0 Å². The van der Waals surface area contributed by atoms with Crippen LogP contribution in [0.5, 0.6) is 0 Å². The van der Waals surface area contributed by atoms with Gasteiger partial charge < -0.3 is 20.9 Å². The van der Waals surface area contributed by atoms with Gasteiger partial charge in [0.25, 0.3) is 0 Å². The van der Waals surface area contributed by atoms with E-state index in [2.05, 4.69) is 30.9 Å². The van der Waals surface area contributed by atoms with Crippen LogP contribution < -0.4 is 16.0 Å². The third-order valence-electron chi connectivity index (χ3n) is 5.32. The number of anilines is 1. The Morgan fingerprint density at radius 3 is 3.10 bits per heavy atom. The fourth-order valence-electron chi connectivity index (χ4n) is 3.74. The maximum atomic E-state index is 12.7. The van der Waals surface area contributed by atoms with Crippen molar-refractivity contribution in [3.8, 4) is 10.6 Å². The first-order valence-corrected chi connectivity index (χ1v) is 11.9. The number of carbonyl (C=O) groups excluding carboxylic acids is 1. The molecule has 0 saturated heterocycles. The first-order chi connectivity index (χ1) is 15.2. The number of hydrogen-bond acceptors (Lipinski definition) is 8. The minimum atomic E-state index is -0.00488. The number of rotatable bonds is 7. The monoisotopic (exact) mass is 453 g/mol. The summed E-state index contributed by atoms with van der Waals surface area (Å²) in [6.07, 6.45) is 8.43. The number of fused-ring (bicyclic) bond motifs is 2. The number of thiazole rings is 1. The third-order valence-corrected chi connectivity index (χ3v) is 7.52. The van der Waals surface area contributed by atoms with Crippen LogP contribution in [0.4, 0.5) is 5.00 Å². The molecule has 8 nitrogen and oxygen atoms in total. The number of imidazole rings is 1. The van der Waals surface area contributed by atoms with Gasteiger partial charge in [0.15, 0.2) is 0 Å². The van der Waals surface area contributed by atoms with Crippen molar-refractivity contribution in [2.24, 2.45) is 0 Å². The smallest absolute Gasteiger partial charge is 0.226 e. The Hall–Kier alpha value is -2.66. The van der Waals surface area contributed by atoms with E-state index >= 15 is 0 Å². The van der Waals surface area contributed by atoms with Gasteiger partial charge in [-0.05, 0) is 31.5 Å². The molecule has 5 rings (SSSR count). The molecule has 1 amide bonds. The van der Waals surface area contributed by atoms with Crippen LogP contribution in [0.25, 0.3) is 20.8 Å². The second kappa shape index (κ2) is 8.83. The number of aromatic amines is 1. The Morgan fingerprint density at radius 2 is 2.26 bits per heavy atom. The van der Waals surface area contributed by atoms with E-state index in [0.29, 0.717) is 13.0 Å². The molecule has 4 aromatic rings. The standard InChI is InChI=1S/C21H23N7OS2/c1-12(19-25-8-9-26-19)24-7-4-17(29)28-21-18(13-2-5-23-11-16(13)31-21)20-27-14-10-22-6-3-15(14)30-20/h3,6,8-10,12,23-24H,2,4-5,7,11H2,1H3,(H,25,26)(H,28,29). The van der Waals surface area contributed by atoms with Gasteiger partial charge in [-0.2, -0.15) is 0 Å². The molecule has 4 N–H and O–H groups in total. The van der Waals surface area contributed by atoms with Crippen molar-refractivity contribution in [1.82, 2.24) is 30.6 Å². The largest absolute Gasteiger partial charge is 0.347 e. The lowest BCUT2D eigenvalue weighted by molar-refractivity contribution is -0.116. The highest BCUT2D eigenvalue weighted by Crippen LogP contribution is 2.44. The zero-order chi connectivity index (χ0) is 21.2. The first kappa shape index (κ1) is 20.3. The highest BCUT2D eigenvalue weighted by atomic mass is 32.1. The molecule has 10 heteroatoms. The fraction of sp³-hybridized carbons (Fsp3) is 0.333. The first-order valence-electron chi connectivity index (χ1n) is 10.3. The number of carbonyl (C=O) groups is 1. The number of amides is 1. The van der Waals surface area contributed by atoms with Gasteiger partial charge in [-0.15, -0.1) is 22.7 Å². The lowest BCUT2D eigenvalue weighted by atomic mass is 10.0. The van der Waals surface area contributed by atoms with Crippen molar-refractivity contribution < 1.29 is 4.79 Å². The van der Waals surface area contributed by atoms with Gasteiger partial charge in [-0.1, -0.05) is 0 Å². The third kappa shape index (κ3) is 4.24. The minimum Gasteiger partial charge on any atom is -0.347 e. The molecule has 0 aromatic carbocycles. The molecule has 1 unspecified atom stereocenters. The topological polar surface area (TPSA) is 108 Å². The van der Waals surface area contributed by atoms with Crippen molar-refractivity contribution in [1.29, 1.82) is 0 Å². The van der Waals surface area contributed by atoms with Crippen molar-refractivity contribution >= 4 is 43.8 Å². The summed E-state index contributed by atoms with van der Waals surface area (Å²) in [6, 6.07) is 2.05. The number of pyridine rings is 1. The Labute approximate surface area is 187 Å². The Bertz CT molecular complexity index is 1160. The Morgan fingerprint density at radius 1 is 1.32 bits per heavy atom. The van der Waals surface area contributed by atoms with E-state index in [0.717, 1.165) is 51.1 Å². The summed E-state index contributed by atoms with van der Waals surface area (Å²) in [4.78, 5) is 30.4. The maximum Gasteiger partial charge on any atom is 0.226 e. The lowest BCUT2D eigenvalue weighted by Gasteiger charge is -2.13. The number of nitrogens with zero attached hydrogens (tertiary/aromatic N) is 3. The van der Waals surface area contributed by atoms with Gasteiger partial charge in [0.05, 0.1) is 16.9 Å². The van der Waals surface area contributed by atoms with E-state index in [1.165, 1.54) is 10.4 Å². The van der Waals surface area contributed by atoms with E-state index in [1.54, 1.807) is 47.5 Å². The summed E-state index contributed by atoms with van der Waals surface area (Å²) < 4.78 is 1.10. The highest BCUT2D eigenvalue weighted by molar-refractivity contribution is 7.22. The van der Waals surface area contributed by atoms with E-state index in [4.69, 9.17) is 4.98 Å². The summed E-state index contributed by atoms with van der Waals surface area (Å²) in [5.41, 5.74) is 3.27. The maximum absolute atomic E-state index is 12.7. The molecule has 1 atom stereocenters. The molecule has 0 radical (unpaired) electrons. The molecule has 0 fully saturated rings. The molecule has 160 valence electrons. The van der Waals surface area contributed by atoms with Crippen LogP contribution in [0.1, 0.15) is 35.7 Å². The van der Waals surface area contributed by atoms with Crippen LogP contribution >= 0.6 is 22.7 Å². The average molecular weight is 454 g/mol. The second-order valence-electron chi connectivity index (χ2n) is 7.45. The molecule has 1 aliphatic heterocycles. The summed E-state index contributed by atoms with van der Waals surface area (Å²) >= 11 is 3.30. The normalized spacial score (nSPS) is 14.5. The minimum absolute atomic E-state index is 0.00488. The Balaban J connectivity index is 1.34. The van der Waals surface area contributed by atoms with E-state index in [9.17, 15) is 4.79 Å². The summed E-state index contributed by atoms with van der Waals surface area (Å²) in [5.74, 6) is 0.862. The van der Waals surface area contributed by atoms with Crippen molar-refractivity contribution in [2.45, 2.75) is 32.4 Å². The zero-order valence-electron chi connectivity index (χ0n) is 17.1. The van der Waals surface area contributed by atoms with Gasteiger partial charge in [0, 0.05) is 48.5 Å². The Kier molecular flexibility index (Phi) is 5.77. The zero-order valence-corrected chi connectivity index (χ0v) is 18.7. The van der Waals surface area contributed by atoms with Crippen molar-refractivity contribution in [2.75, 3.05) is 18.4 Å². The quantitative estimate of drug-likeness (QED) is 0.341. The molecule has 0 saturated carbocycles. The van der Waals surface area contributed by atoms with Crippen LogP contribution in [-0.4, -0.2) is 38.9 Å². The number of hydrogen-bond donors (Lipinski definition) is 4. The van der Waals surface area contributed by atoms with Gasteiger partial charge in [-0.3, -0.25) is 9.78 Å². The van der Waals surface area contributed by atoms with Crippen LogP contribution in [0.2, 0.25) is 0 Å². The molecule has 0 spiro atoms. The van der Waals surface area contributed by atoms with Gasteiger partial charge in [0.1, 0.15) is 21.3 Å². The fourth-order valence-corrected chi connectivity index (χ4v) is 6.05. The van der Waals surface area contributed by atoms with Crippen LogP contribution in [0.15, 0.2) is 30.9 Å². The molecular formula is C21H23N7OS2. The number of nitrogens with one attached hydrogen (secondary N) is 4. The van der Waals surface area contributed by atoms with E-state index < -0.39 is 0 Å². The van der Waals surface area contributed by atoms with Crippen molar-refractivity contribution in [3.05, 3.63) is 47.1 Å². The van der Waals surface area contributed by atoms with Crippen LogP contribution in [0, 0.1) is 0 Å². The van der Waals surface area contributed by atoms with Crippen LogP contribution in [-0.2, 0) is 17.8 Å². The highest BCUT2D eigenvalue weighted by Gasteiger charge is 2.25. The summed E-state index contributed by atoms with van der Waals surface area (Å²) in [7, 11) is 0. The molecule has 1 aliphatic rings.